The van der Waals surface area contributed by atoms with Gasteiger partial charge in [0.2, 0.25) is 47.3 Å². The average molecular weight is 973 g/mol. The minimum absolute atomic E-state index is 0.00907. The summed E-state index contributed by atoms with van der Waals surface area (Å²) in [5.74, 6) is -6.19. The molecule has 1 aromatic heterocycles. The molecule has 4 rings (SSSR count). The van der Waals surface area contributed by atoms with Crippen molar-refractivity contribution < 1.29 is 38.4 Å². The van der Waals surface area contributed by atoms with Gasteiger partial charge in [0.15, 0.2) is 11.9 Å². The molecule has 1 saturated heterocycles. The van der Waals surface area contributed by atoms with Crippen LogP contribution >= 0.6 is 11.3 Å². The second kappa shape index (κ2) is 27.9. The molecule has 0 saturated carbocycles. The smallest absolute Gasteiger partial charge is 0.245 e. The fraction of sp³-hybridized carbons (Fsp3) is 0.435. The van der Waals surface area contributed by atoms with Crippen LogP contribution in [-0.4, -0.2) is 120 Å². The average Bonchev–Trinajstić information content (AvgIpc) is 4.03. The van der Waals surface area contributed by atoms with Crippen LogP contribution in [0.5, 0.6) is 0 Å². The number of hydrogen-bond acceptors (Lipinski definition) is 11. The van der Waals surface area contributed by atoms with E-state index < -0.39 is 84.0 Å². The van der Waals surface area contributed by atoms with Crippen LogP contribution in [0.15, 0.2) is 88.2 Å². The maximum Gasteiger partial charge on any atom is 0.245 e. The molecular weight excluding hydrogens is 909 g/mol. The molecule has 0 unspecified atom stereocenters. The van der Waals surface area contributed by atoms with Crippen molar-refractivity contribution in [3.63, 3.8) is 0 Å². The monoisotopic (exact) mass is 972 g/mol. The van der Waals surface area contributed by atoms with Crippen LogP contribution in [0.3, 0.4) is 0 Å². The molecule has 22 nitrogen and oxygen atoms in total. The van der Waals surface area contributed by atoms with E-state index in [4.69, 9.17) is 34.4 Å². The molecule has 0 spiro atoms. The van der Waals surface area contributed by atoms with Gasteiger partial charge in [0.1, 0.15) is 36.3 Å². The Morgan fingerprint density at radius 2 is 1.14 bits per heavy atom. The zero-order chi connectivity index (χ0) is 50.3. The zero-order valence-electron chi connectivity index (χ0n) is 38.3. The van der Waals surface area contributed by atoms with Crippen molar-refractivity contribution in [2.45, 2.75) is 107 Å². The highest BCUT2D eigenvalue weighted by molar-refractivity contribution is 7.09. The van der Waals surface area contributed by atoms with E-state index in [1.54, 1.807) is 30.3 Å². The van der Waals surface area contributed by atoms with Crippen LogP contribution < -0.4 is 61.0 Å². The number of likely N-dealkylation sites (tertiary alicyclic amines) is 1. The van der Waals surface area contributed by atoms with Gasteiger partial charge in [-0.15, -0.1) is 11.3 Å². The third kappa shape index (κ3) is 18.9. The lowest BCUT2D eigenvalue weighted by Crippen LogP contribution is -2.60. The normalized spacial score (nSPS) is 15.2. The van der Waals surface area contributed by atoms with Gasteiger partial charge in [-0.25, -0.2) is 0 Å². The Morgan fingerprint density at radius 3 is 1.67 bits per heavy atom. The van der Waals surface area contributed by atoms with E-state index in [0.29, 0.717) is 18.4 Å². The Morgan fingerprint density at radius 1 is 0.623 bits per heavy atom. The van der Waals surface area contributed by atoms with Crippen molar-refractivity contribution in [3.05, 3.63) is 94.2 Å². The van der Waals surface area contributed by atoms with Crippen molar-refractivity contribution in [1.82, 2.24) is 31.5 Å². The first-order chi connectivity index (χ1) is 33.0. The molecule has 2 aromatic carbocycles. The van der Waals surface area contributed by atoms with E-state index in [1.165, 1.54) is 16.2 Å². The highest BCUT2D eigenvalue weighted by atomic mass is 32.1. The first-order valence-corrected chi connectivity index (χ1v) is 23.5. The Kier molecular flexibility index (Phi) is 21.9. The van der Waals surface area contributed by atoms with Crippen molar-refractivity contribution in [3.8, 4) is 0 Å². The van der Waals surface area contributed by atoms with Crippen molar-refractivity contribution in [2.24, 2.45) is 44.4 Å². The van der Waals surface area contributed by atoms with Crippen LogP contribution in [0, 0.1) is 0 Å². The third-order valence-electron chi connectivity index (χ3n) is 11.1. The van der Waals surface area contributed by atoms with Crippen molar-refractivity contribution >= 4 is 70.5 Å². The number of rotatable bonds is 28. The standard InChI is InChI=1S/C46H64N14O8S/c47-37(61)27-33(39(48)63)58-40(64)31(16-7-21-53-45(49)50)56-43(67)36-18-9-23-60(36)44(68)32(17-8-22-54-46(51)52)57-42(66)35(26-29-13-5-2-6-14-29)59-41(65)34(25-28-11-3-1-4-12-28)55-38(62)20-19-30-15-10-24-69-30/h1-6,10-15,24,31-36H,7-9,16-23,25-27H2,(H2,47,61)(H2,48,63)(H,55,62)(H,56,67)(H,57,66)(H,58,64)(H,59,65)(H4,49,50,53)(H4,51,52,54)/t31-,32-,33-,34-,35-,36-/m0/s1. The molecule has 1 aliphatic rings. The fourth-order valence-electron chi connectivity index (χ4n) is 7.62. The quantitative estimate of drug-likeness (QED) is 0.0215. The minimum Gasteiger partial charge on any atom is -0.370 e. The lowest BCUT2D eigenvalue weighted by Gasteiger charge is -2.31. The van der Waals surface area contributed by atoms with Gasteiger partial charge < -0.3 is 65.9 Å². The summed E-state index contributed by atoms with van der Waals surface area (Å²) in [5.41, 5.74) is 34.1. The second-order valence-electron chi connectivity index (χ2n) is 16.5. The number of primary amides is 2. The predicted molar refractivity (Wildman–Crippen MR) is 260 cm³/mol. The van der Waals surface area contributed by atoms with Gasteiger partial charge in [0, 0.05) is 43.8 Å². The molecule has 69 heavy (non-hydrogen) atoms. The minimum atomic E-state index is -1.47. The maximum atomic E-state index is 14.6. The lowest BCUT2D eigenvalue weighted by molar-refractivity contribution is -0.142. The summed E-state index contributed by atoms with van der Waals surface area (Å²) >= 11 is 1.52. The third-order valence-corrected chi connectivity index (χ3v) is 12.0. The van der Waals surface area contributed by atoms with E-state index >= 15 is 0 Å². The number of aliphatic imine (C=N–C) groups is 2. The number of carbonyl (C=O) groups excluding carboxylic acids is 8. The largest absolute Gasteiger partial charge is 0.370 e. The van der Waals surface area contributed by atoms with Gasteiger partial charge in [-0.2, -0.15) is 0 Å². The predicted octanol–water partition coefficient (Wildman–Crippen LogP) is -1.95. The van der Waals surface area contributed by atoms with Crippen LogP contribution in [0.1, 0.15) is 67.4 Å². The van der Waals surface area contributed by atoms with Crippen molar-refractivity contribution in [2.75, 3.05) is 19.6 Å². The number of nitrogens with one attached hydrogen (secondary N) is 5. The Bertz CT molecular complexity index is 2260. The molecule has 2 heterocycles. The van der Waals surface area contributed by atoms with Crippen LogP contribution in [0.4, 0.5) is 0 Å². The van der Waals surface area contributed by atoms with E-state index in [9.17, 15) is 38.4 Å². The highest BCUT2D eigenvalue weighted by Gasteiger charge is 2.40. The molecule has 1 fully saturated rings. The van der Waals surface area contributed by atoms with E-state index in [-0.39, 0.29) is 88.8 Å². The van der Waals surface area contributed by atoms with E-state index in [2.05, 4.69) is 36.6 Å². The second-order valence-corrected chi connectivity index (χ2v) is 17.5. The fourth-order valence-corrected chi connectivity index (χ4v) is 8.33. The number of amides is 8. The summed E-state index contributed by atoms with van der Waals surface area (Å²) in [6, 6.07) is 14.4. The molecule has 0 radical (unpaired) electrons. The van der Waals surface area contributed by atoms with Gasteiger partial charge >= 0.3 is 0 Å². The number of nitrogens with two attached hydrogens (primary N) is 6. The first-order valence-electron chi connectivity index (χ1n) is 22.6. The van der Waals surface area contributed by atoms with Crippen LogP contribution in [-0.2, 0) is 57.6 Å². The number of nitrogens with zero attached hydrogens (tertiary/aromatic N) is 3. The number of guanidine groups is 2. The molecule has 3 aromatic rings. The summed E-state index contributed by atoms with van der Waals surface area (Å²) in [5, 5.41) is 15.5. The van der Waals surface area contributed by atoms with Gasteiger partial charge in [-0.1, -0.05) is 66.7 Å². The molecule has 8 amide bonds. The SMILES string of the molecule is NC(=O)C[C@H](NC(=O)[C@H](CCCN=C(N)N)NC(=O)[C@@H]1CCCN1C(=O)[C@H](CCCN=C(N)N)NC(=O)[C@H](Cc1ccccc1)NC(=O)[C@H](Cc1ccccc1)NC(=O)CCc1cccs1)C(N)=O. The topological polar surface area (TPSA) is 381 Å². The Hall–Kier alpha value is -7.56. The summed E-state index contributed by atoms with van der Waals surface area (Å²) in [6.45, 7) is 0.294. The summed E-state index contributed by atoms with van der Waals surface area (Å²) in [4.78, 5) is 118. The number of carbonyl (C=O) groups is 8. The number of aryl methyl sites for hydroxylation is 1. The van der Waals surface area contributed by atoms with E-state index in [0.717, 1.165) is 10.4 Å². The number of thiophene rings is 1. The van der Waals surface area contributed by atoms with Crippen LogP contribution in [0.2, 0.25) is 0 Å². The van der Waals surface area contributed by atoms with Gasteiger partial charge in [-0.05, 0) is 67.5 Å². The molecular formula is C46H64N14O8S. The molecule has 6 atom stereocenters. The Balaban J connectivity index is 1.59. The van der Waals surface area contributed by atoms with Gasteiger partial charge in [-0.3, -0.25) is 48.3 Å². The first kappa shape index (κ1) is 54.0. The molecule has 1 aliphatic heterocycles. The zero-order valence-corrected chi connectivity index (χ0v) is 39.2. The number of benzene rings is 2. The van der Waals surface area contributed by atoms with Gasteiger partial charge in [0.25, 0.3) is 0 Å². The summed E-state index contributed by atoms with van der Waals surface area (Å²) in [6.07, 6.45) is 1.13. The Labute approximate surface area is 404 Å². The van der Waals surface area contributed by atoms with E-state index in [1.807, 2.05) is 47.8 Å². The lowest BCUT2D eigenvalue weighted by atomic mass is 10.0. The van der Waals surface area contributed by atoms with Crippen LogP contribution in [0.25, 0.3) is 0 Å². The molecule has 372 valence electrons. The van der Waals surface area contributed by atoms with Crippen molar-refractivity contribution in [1.29, 1.82) is 0 Å². The van der Waals surface area contributed by atoms with Gasteiger partial charge in [0.05, 0.1) is 6.42 Å². The molecule has 0 bridgehead atoms. The highest BCUT2D eigenvalue weighted by Crippen LogP contribution is 2.21. The molecule has 23 heteroatoms. The summed E-state index contributed by atoms with van der Waals surface area (Å²) < 4.78 is 0. The molecule has 0 aliphatic carbocycles. The maximum absolute atomic E-state index is 14.6. The molecule has 17 N–H and O–H groups in total. The number of hydrogen-bond donors (Lipinski definition) is 11. The summed E-state index contributed by atoms with van der Waals surface area (Å²) in [7, 11) is 0.